The Morgan fingerprint density at radius 1 is 1.22 bits per heavy atom. The van der Waals surface area contributed by atoms with Crippen molar-refractivity contribution in [1.29, 1.82) is 0 Å². The number of aliphatic hydroxyl groups is 1. The van der Waals surface area contributed by atoms with Crippen molar-refractivity contribution < 1.29 is 14.6 Å². The molecule has 0 spiro atoms. The molecule has 0 saturated carbocycles. The molecule has 2 rings (SSSR count). The molecule has 0 heterocycles. The maximum atomic E-state index is 10.1. The van der Waals surface area contributed by atoms with E-state index in [1.807, 2.05) is 30.4 Å². The summed E-state index contributed by atoms with van der Waals surface area (Å²) in [5.41, 5.74) is 1.15. The Hall–Kier alpha value is -1.42. The number of benzene rings is 1. The van der Waals surface area contributed by atoms with Gasteiger partial charge in [0.05, 0.1) is 31.0 Å². The Morgan fingerprint density at radius 2 is 1.96 bits per heavy atom. The fourth-order valence-corrected chi connectivity index (χ4v) is 2.86. The van der Waals surface area contributed by atoms with Crippen molar-refractivity contribution in [1.82, 2.24) is 0 Å². The van der Waals surface area contributed by atoms with Crippen LogP contribution in [0, 0.1) is 0 Å². The molecule has 0 bridgehead atoms. The van der Waals surface area contributed by atoms with E-state index < -0.39 is 6.10 Å². The average Bonchev–Trinajstić information content (AvgIpc) is 2.59. The number of rotatable bonds is 9. The molecule has 126 valence electrons. The first-order valence-electron chi connectivity index (χ1n) is 8.49. The molecule has 0 unspecified atom stereocenters. The summed E-state index contributed by atoms with van der Waals surface area (Å²) in [6.45, 7) is 6.49. The molecule has 1 aliphatic carbocycles. The molecule has 0 aliphatic heterocycles. The summed E-state index contributed by atoms with van der Waals surface area (Å²) in [4.78, 5) is 0. The van der Waals surface area contributed by atoms with Crippen molar-refractivity contribution >= 4 is 0 Å². The van der Waals surface area contributed by atoms with Crippen LogP contribution in [0.25, 0.3) is 0 Å². The van der Waals surface area contributed by atoms with Crippen molar-refractivity contribution in [2.45, 2.75) is 63.6 Å². The lowest BCUT2D eigenvalue weighted by atomic mass is 10.00. The van der Waals surface area contributed by atoms with Crippen LogP contribution < -0.4 is 0 Å². The second kappa shape index (κ2) is 9.66. The molecule has 0 fully saturated rings. The third-order valence-corrected chi connectivity index (χ3v) is 4.21. The molecule has 23 heavy (non-hydrogen) atoms. The van der Waals surface area contributed by atoms with Gasteiger partial charge in [-0.15, -0.1) is 6.58 Å². The zero-order chi connectivity index (χ0) is 16.5. The SMILES string of the molecule is C=CC[C@@H](OCc1ccccc1)[C@@H](CC)O[C@H]1CC=CC[C@@H]1O. The lowest BCUT2D eigenvalue weighted by Crippen LogP contribution is -2.39. The second-order valence-electron chi connectivity index (χ2n) is 5.99. The van der Waals surface area contributed by atoms with Crippen LogP contribution >= 0.6 is 0 Å². The molecule has 4 atom stereocenters. The van der Waals surface area contributed by atoms with E-state index in [1.54, 1.807) is 0 Å². The maximum Gasteiger partial charge on any atom is 0.0876 e. The standard InChI is InChI=1S/C20H28O3/c1-3-10-20(22-15-16-11-6-5-7-12-16)18(4-2)23-19-14-9-8-13-17(19)21/h3,5-9,11-12,17-21H,1,4,10,13-15H2,2H3/t17-,18+,19-,20+/m0/s1. The normalized spacial score (nSPS) is 23.4. The van der Waals surface area contributed by atoms with Gasteiger partial charge in [-0.1, -0.05) is 55.5 Å². The Morgan fingerprint density at radius 3 is 2.61 bits per heavy atom. The van der Waals surface area contributed by atoms with Crippen molar-refractivity contribution in [3.8, 4) is 0 Å². The van der Waals surface area contributed by atoms with E-state index in [0.29, 0.717) is 13.0 Å². The molecular weight excluding hydrogens is 288 g/mol. The summed E-state index contributed by atoms with van der Waals surface area (Å²) in [5.74, 6) is 0. The van der Waals surface area contributed by atoms with Gasteiger partial charge in [0, 0.05) is 0 Å². The molecule has 3 nitrogen and oxygen atoms in total. The summed E-state index contributed by atoms with van der Waals surface area (Å²) < 4.78 is 12.3. The maximum absolute atomic E-state index is 10.1. The first kappa shape index (κ1) is 17.9. The Kier molecular flexibility index (Phi) is 7.53. The Labute approximate surface area is 139 Å². The molecule has 1 aliphatic rings. The number of aliphatic hydroxyl groups excluding tert-OH is 1. The molecule has 0 radical (unpaired) electrons. The van der Waals surface area contributed by atoms with Crippen LogP contribution in [0.1, 0.15) is 38.2 Å². The zero-order valence-corrected chi connectivity index (χ0v) is 13.9. The molecular formula is C20H28O3. The van der Waals surface area contributed by atoms with E-state index in [2.05, 4.69) is 31.7 Å². The molecule has 0 amide bonds. The minimum Gasteiger partial charge on any atom is -0.390 e. The topological polar surface area (TPSA) is 38.7 Å². The van der Waals surface area contributed by atoms with Gasteiger partial charge in [-0.3, -0.25) is 0 Å². The smallest absolute Gasteiger partial charge is 0.0876 e. The van der Waals surface area contributed by atoms with Crippen LogP contribution in [0.5, 0.6) is 0 Å². The van der Waals surface area contributed by atoms with Gasteiger partial charge in [0.15, 0.2) is 0 Å². The monoisotopic (exact) mass is 316 g/mol. The van der Waals surface area contributed by atoms with E-state index in [-0.39, 0.29) is 18.3 Å². The molecule has 1 aromatic carbocycles. The van der Waals surface area contributed by atoms with Crippen LogP contribution in [0.4, 0.5) is 0 Å². The summed E-state index contributed by atoms with van der Waals surface area (Å²) in [6, 6.07) is 10.1. The largest absolute Gasteiger partial charge is 0.390 e. The van der Waals surface area contributed by atoms with Crippen molar-refractivity contribution in [2.24, 2.45) is 0 Å². The van der Waals surface area contributed by atoms with Crippen LogP contribution in [0.3, 0.4) is 0 Å². The number of ether oxygens (including phenoxy) is 2. The second-order valence-corrected chi connectivity index (χ2v) is 5.99. The first-order valence-corrected chi connectivity index (χ1v) is 8.49. The van der Waals surface area contributed by atoms with E-state index in [4.69, 9.17) is 9.47 Å². The van der Waals surface area contributed by atoms with E-state index in [9.17, 15) is 5.11 Å². The quantitative estimate of drug-likeness (QED) is 0.699. The predicted molar refractivity (Wildman–Crippen MR) is 93.2 cm³/mol. The summed E-state index contributed by atoms with van der Waals surface area (Å²) in [7, 11) is 0. The minimum absolute atomic E-state index is 0.0390. The summed E-state index contributed by atoms with van der Waals surface area (Å²) in [6.07, 6.45) is 8.33. The molecule has 1 aromatic rings. The van der Waals surface area contributed by atoms with Gasteiger partial charge in [-0.25, -0.2) is 0 Å². The fourth-order valence-electron chi connectivity index (χ4n) is 2.86. The van der Waals surface area contributed by atoms with Gasteiger partial charge in [-0.05, 0) is 31.2 Å². The van der Waals surface area contributed by atoms with Crippen molar-refractivity contribution in [3.05, 3.63) is 60.7 Å². The third-order valence-electron chi connectivity index (χ3n) is 4.21. The average molecular weight is 316 g/mol. The highest BCUT2D eigenvalue weighted by Crippen LogP contribution is 2.22. The predicted octanol–water partition coefficient (Wildman–Crippen LogP) is 4.02. The van der Waals surface area contributed by atoms with Gasteiger partial charge in [0.1, 0.15) is 0 Å². The van der Waals surface area contributed by atoms with E-state index >= 15 is 0 Å². The molecule has 3 heteroatoms. The summed E-state index contributed by atoms with van der Waals surface area (Å²) >= 11 is 0. The lowest BCUT2D eigenvalue weighted by molar-refractivity contribution is -0.134. The lowest BCUT2D eigenvalue weighted by Gasteiger charge is -2.33. The van der Waals surface area contributed by atoms with Crippen LogP contribution in [-0.2, 0) is 16.1 Å². The molecule has 0 aromatic heterocycles. The van der Waals surface area contributed by atoms with Gasteiger partial charge in [0.2, 0.25) is 0 Å². The fraction of sp³-hybridized carbons (Fsp3) is 0.500. The van der Waals surface area contributed by atoms with Gasteiger partial charge >= 0.3 is 0 Å². The van der Waals surface area contributed by atoms with Crippen LogP contribution in [0.15, 0.2) is 55.1 Å². The van der Waals surface area contributed by atoms with Crippen LogP contribution in [-0.4, -0.2) is 29.5 Å². The van der Waals surface area contributed by atoms with Crippen molar-refractivity contribution in [3.63, 3.8) is 0 Å². The highest BCUT2D eigenvalue weighted by atomic mass is 16.6. The summed E-state index contributed by atoms with van der Waals surface area (Å²) in [5, 5.41) is 10.1. The first-order chi connectivity index (χ1) is 11.2. The number of hydrogen-bond donors (Lipinski definition) is 1. The Bertz CT molecular complexity index is 483. The number of hydrogen-bond acceptors (Lipinski definition) is 3. The zero-order valence-electron chi connectivity index (χ0n) is 13.9. The van der Waals surface area contributed by atoms with Crippen molar-refractivity contribution in [2.75, 3.05) is 0 Å². The van der Waals surface area contributed by atoms with Crippen LogP contribution in [0.2, 0.25) is 0 Å². The Balaban J connectivity index is 1.95. The molecule has 1 N–H and O–H groups in total. The third kappa shape index (κ3) is 5.61. The minimum atomic E-state index is -0.424. The highest BCUT2D eigenvalue weighted by molar-refractivity contribution is 5.13. The molecule has 0 saturated heterocycles. The van der Waals surface area contributed by atoms with E-state index in [0.717, 1.165) is 24.8 Å². The van der Waals surface area contributed by atoms with Gasteiger partial charge < -0.3 is 14.6 Å². The van der Waals surface area contributed by atoms with Gasteiger partial charge in [-0.2, -0.15) is 0 Å². The van der Waals surface area contributed by atoms with Gasteiger partial charge in [0.25, 0.3) is 0 Å². The van der Waals surface area contributed by atoms with E-state index in [1.165, 1.54) is 0 Å². The highest BCUT2D eigenvalue weighted by Gasteiger charge is 2.28.